The molecule has 4 nitrogen and oxygen atoms in total. The highest BCUT2D eigenvalue weighted by Crippen LogP contribution is 2.27. The van der Waals surface area contributed by atoms with Gasteiger partial charge in [0.15, 0.2) is 0 Å². The minimum Gasteiger partial charge on any atom is -0.373 e. The van der Waals surface area contributed by atoms with Crippen LogP contribution in [0.1, 0.15) is 18.4 Å². The van der Waals surface area contributed by atoms with Gasteiger partial charge in [0, 0.05) is 37.8 Å². The summed E-state index contributed by atoms with van der Waals surface area (Å²) in [6.07, 6.45) is 3.38. The Kier molecular flexibility index (Phi) is 2.91. The van der Waals surface area contributed by atoms with Crippen molar-refractivity contribution in [2.24, 2.45) is 0 Å². The average Bonchev–Trinajstić information content (AvgIpc) is 3.11. The summed E-state index contributed by atoms with van der Waals surface area (Å²) in [5.74, 6) is 0.285. The highest BCUT2D eigenvalue weighted by atomic mass is 16.2. The van der Waals surface area contributed by atoms with Crippen molar-refractivity contribution in [1.82, 2.24) is 9.80 Å². The highest BCUT2D eigenvalue weighted by Gasteiger charge is 2.36. The smallest absolute Gasteiger partial charge is 0.245 e. The molecule has 1 unspecified atom stereocenters. The fourth-order valence-electron chi connectivity index (χ4n) is 3.86. The molecule has 3 aliphatic rings. The number of hydrogen-bond acceptors (Lipinski definition) is 3. The van der Waals surface area contributed by atoms with Crippen molar-refractivity contribution in [3.63, 3.8) is 0 Å². The van der Waals surface area contributed by atoms with Gasteiger partial charge in [-0.15, -0.1) is 0 Å². The first-order chi connectivity index (χ1) is 9.81. The minimum absolute atomic E-state index is 0.0552. The number of nitrogens with one attached hydrogen (secondary N) is 1. The lowest BCUT2D eigenvalue weighted by Gasteiger charge is -2.38. The molecule has 1 aromatic carbocycles. The molecule has 0 bridgehead atoms. The van der Waals surface area contributed by atoms with E-state index < -0.39 is 0 Å². The summed E-state index contributed by atoms with van der Waals surface area (Å²) in [7, 11) is 0. The molecule has 0 aliphatic carbocycles. The lowest BCUT2D eigenvalue weighted by atomic mass is 10.1. The first-order valence-electron chi connectivity index (χ1n) is 7.68. The van der Waals surface area contributed by atoms with Gasteiger partial charge in [-0.3, -0.25) is 9.69 Å². The Bertz CT molecular complexity index is 505. The molecule has 1 N–H and O–H groups in total. The van der Waals surface area contributed by atoms with E-state index in [0.29, 0.717) is 6.04 Å². The molecule has 0 radical (unpaired) electrons. The SMILES string of the molecule is O=C([C@@H]1Cc2ccccc2N1)N1CCN2CCCC2C1. The number of hydrogen-bond donors (Lipinski definition) is 1. The summed E-state index contributed by atoms with van der Waals surface area (Å²) in [6.45, 7) is 4.09. The molecule has 1 amide bonds. The Labute approximate surface area is 119 Å². The van der Waals surface area contributed by atoms with Crippen molar-refractivity contribution in [2.45, 2.75) is 31.3 Å². The molecule has 0 aromatic heterocycles. The average molecular weight is 271 g/mol. The third-order valence-corrected chi connectivity index (χ3v) is 4.97. The Morgan fingerprint density at radius 2 is 2.10 bits per heavy atom. The summed E-state index contributed by atoms with van der Waals surface area (Å²) >= 11 is 0. The second kappa shape index (κ2) is 4.77. The van der Waals surface area contributed by atoms with Gasteiger partial charge in [0.1, 0.15) is 6.04 Å². The van der Waals surface area contributed by atoms with E-state index in [1.807, 2.05) is 12.1 Å². The molecule has 3 aliphatic heterocycles. The highest BCUT2D eigenvalue weighted by molar-refractivity contribution is 5.87. The lowest BCUT2D eigenvalue weighted by Crippen LogP contribution is -2.55. The first kappa shape index (κ1) is 12.2. The zero-order valence-corrected chi connectivity index (χ0v) is 11.7. The molecule has 2 saturated heterocycles. The molecule has 2 fully saturated rings. The zero-order valence-electron chi connectivity index (χ0n) is 11.7. The Morgan fingerprint density at radius 1 is 1.20 bits per heavy atom. The third kappa shape index (κ3) is 1.99. The van der Waals surface area contributed by atoms with Crippen LogP contribution in [-0.4, -0.2) is 54.0 Å². The molecule has 2 atom stereocenters. The van der Waals surface area contributed by atoms with Crippen LogP contribution in [0, 0.1) is 0 Å². The largest absolute Gasteiger partial charge is 0.373 e. The fourth-order valence-corrected chi connectivity index (χ4v) is 3.86. The monoisotopic (exact) mass is 271 g/mol. The number of nitrogens with zero attached hydrogens (tertiary/aromatic N) is 2. The van der Waals surface area contributed by atoms with Crippen LogP contribution in [0.25, 0.3) is 0 Å². The maximum Gasteiger partial charge on any atom is 0.245 e. The molecule has 4 heteroatoms. The molecule has 0 saturated carbocycles. The van der Waals surface area contributed by atoms with Gasteiger partial charge in [0.05, 0.1) is 0 Å². The number of para-hydroxylation sites is 1. The summed E-state index contributed by atoms with van der Waals surface area (Å²) in [5.41, 5.74) is 2.40. The van der Waals surface area contributed by atoms with Crippen molar-refractivity contribution in [3.05, 3.63) is 29.8 Å². The number of piperazine rings is 1. The molecule has 1 aromatic rings. The van der Waals surface area contributed by atoms with Crippen molar-refractivity contribution in [3.8, 4) is 0 Å². The number of fused-ring (bicyclic) bond motifs is 2. The van der Waals surface area contributed by atoms with Crippen LogP contribution in [-0.2, 0) is 11.2 Å². The summed E-state index contributed by atoms with van der Waals surface area (Å²) in [6, 6.07) is 8.81. The molecule has 3 heterocycles. The standard InChI is InChI=1S/C16H21N3O/c20-16(15-10-12-4-1-2-6-14(12)17-15)19-9-8-18-7-3-5-13(18)11-19/h1-2,4,6,13,15,17H,3,5,7-11H2/t13?,15-/m0/s1. The Balaban J connectivity index is 1.44. The van der Waals surface area contributed by atoms with Crippen LogP contribution in [0.4, 0.5) is 5.69 Å². The van der Waals surface area contributed by atoms with Gasteiger partial charge in [0.2, 0.25) is 5.91 Å². The third-order valence-electron chi connectivity index (χ3n) is 4.97. The van der Waals surface area contributed by atoms with Crippen LogP contribution in [0.15, 0.2) is 24.3 Å². The van der Waals surface area contributed by atoms with Crippen LogP contribution in [0.5, 0.6) is 0 Å². The summed E-state index contributed by atoms with van der Waals surface area (Å²) in [4.78, 5) is 17.3. The number of carbonyl (C=O) groups is 1. The van der Waals surface area contributed by atoms with E-state index in [0.717, 1.165) is 31.7 Å². The minimum atomic E-state index is -0.0552. The van der Waals surface area contributed by atoms with Crippen LogP contribution < -0.4 is 5.32 Å². The van der Waals surface area contributed by atoms with E-state index in [9.17, 15) is 4.79 Å². The predicted octanol–water partition coefficient (Wildman–Crippen LogP) is 1.33. The van der Waals surface area contributed by atoms with Crippen LogP contribution in [0.2, 0.25) is 0 Å². The van der Waals surface area contributed by atoms with Crippen molar-refractivity contribution in [2.75, 3.05) is 31.5 Å². The summed E-state index contributed by atoms with van der Waals surface area (Å²) in [5, 5.41) is 3.39. The topological polar surface area (TPSA) is 35.6 Å². The lowest BCUT2D eigenvalue weighted by molar-refractivity contribution is -0.134. The van der Waals surface area contributed by atoms with Gasteiger partial charge in [-0.05, 0) is 31.0 Å². The van der Waals surface area contributed by atoms with E-state index in [1.54, 1.807) is 0 Å². The zero-order chi connectivity index (χ0) is 13.5. The number of rotatable bonds is 1. The number of carbonyl (C=O) groups excluding carboxylic acids is 1. The van der Waals surface area contributed by atoms with E-state index in [-0.39, 0.29) is 11.9 Å². The van der Waals surface area contributed by atoms with Gasteiger partial charge in [-0.2, -0.15) is 0 Å². The van der Waals surface area contributed by atoms with E-state index in [1.165, 1.54) is 24.9 Å². The summed E-state index contributed by atoms with van der Waals surface area (Å²) < 4.78 is 0. The van der Waals surface area contributed by atoms with Crippen molar-refractivity contribution < 1.29 is 4.79 Å². The molecule has 106 valence electrons. The first-order valence-corrected chi connectivity index (χ1v) is 7.68. The molecular formula is C16H21N3O. The van der Waals surface area contributed by atoms with E-state index in [4.69, 9.17) is 0 Å². The maximum atomic E-state index is 12.7. The van der Waals surface area contributed by atoms with E-state index in [2.05, 4.69) is 27.2 Å². The van der Waals surface area contributed by atoms with Crippen molar-refractivity contribution >= 4 is 11.6 Å². The Hall–Kier alpha value is -1.55. The quantitative estimate of drug-likeness (QED) is 0.837. The second-order valence-corrected chi connectivity index (χ2v) is 6.17. The predicted molar refractivity (Wildman–Crippen MR) is 78.7 cm³/mol. The number of amides is 1. The fraction of sp³-hybridized carbons (Fsp3) is 0.562. The van der Waals surface area contributed by atoms with Gasteiger partial charge >= 0.3 is 0 Å². The Morgan fingerprint density at radius 3 is 3.00 bits per heavy atom. The van der Waals surface area contributed by atoms with Gasteiger partial charge in [0.25, 0.3) is 0 Å². The van der Waals surface area contributed by atoms with Gasteiger partial charge in [-0.1, -0.05) is 18.2 Å². The van der Waals surface area contributed by atoms with E-state index >= 15 is 0 Å². The second-order valence-electron chi connectivity index (χ2n) is 6.17. The van der Waals surface area contributed by atoms with Crippen LogP contribution in [0.3, 0.4) is 0 Å². The molecule has 20 heavy (non-hydrogen) atoms. The maximum absolute atomic E-state index is 12.7. The number of anilines is 1. The number of benzene rings is 1. The molecule has 4 rings (SSSR count). The van der Waals surface area contributed by atoms with Crippen LogP contribution >= 0.6 is 0 Å². The van der Waals surface area contributed by atoms with Crippen molar-refractivity contribution in [1.29, 1.82) is 0 Å². The normalized spacial score (nSPS) is 28.9. The van der Waals surface area contributed by atoms with Gasteiger partial charge < -0.3 is 10.2 Å². The molecule has 0 spiro atoms. The van der Waals surface area contributed by atoms with Gasteiger partial charge in [-0.25, -0.2) is 0 Å². The molecular weight excluding hydrogens is 250 g/mol.